The highest BCUT2D eigenvalue weighted by Crippen LogP contribution is 2.48. The van der Waals surface area contributed by atoms with Gasteiger partial charge < -0.3 is 10.6 Å². The number of amides is 1. The van der Waals surface area contributed by atoms with E-state index in [-0.39, 0.29) is 11.8 Å². The van der Waals surface area contributed by atoms with Gasteiger partial charge in [0.25, 0.3) is 0 Å². The summed E-state index contributed by atoms with van der Waals surface area (Å²) in [6, 6.07) is 12.0. The van der Waals surface area contributed by atoms with Crippen LogP contribution in [0.2, 0.25) is 0 Å². The Hall–Kier alpha value is -2.36. The number of benzene rings is 1. The molecule has 0 spiro atoms. The van der Waals surface area contributed by atoms with Gasteiger partial charge in [-0.05, 0) is 24.0 Å². The molecule has 1 heterocycles. The van der Waals surface area contributed by atoms with E-state index in [1.807, 2.05) is 18.2 Å². The first-order chi connectivity index (χ1) is 9.68. The molecule has 0 radical (unpaired) electrons. The van der Waals surface area contributed by atoms with Crippen LogP contribution in [0.4, 0.5) is 11.4 Å². The van der Waals surface area contributed by atoms with Crippen molar-refractivity contribution in [2.45, 2.75) is 12.3 Å². The zero-order chi connectivity index (χ0) is 14.1. The maximum atomic E-state index is 12.5. The van der Waals surface area contributed by atoms with Gasteiger partial charge in [0.2, 0.25) is 5.91 Å². The van der Waals surface area contributed by atoms with E-state index in [1.54, 1.807) is 30.4 Å². The van der Waals surface area contributed by atoms with Crippen molar-refractivity contribution in [3.8, 4) is 0 Å². The summed E-state index contributed by atoms with van der Waals surface area (Å²) in [5.74, 6) is 0.529. The first-order valence-corrected chi connectivity index (χ1v) is 6.70. The second-order valence-electron chi connectivity index (χ2n) is 5.19. The molecule has 1 aliphatic rings. The van der Waals surface area contributed by atoms with Crippen LogP contribution in [0.15, 0.2) is 48.8 Å². The molecule has 2 unspecified atom stereocenters. The van der Waals surface area contributed by atoms with E-state index < -0.39 is 0 Å². The Bertz CT molecular complexity index is 627. The molecule has 1 fully saturated rings. The van der Waals surface area contributed by atoms with Crippen molar-refractivity contribution in [3.63, 3.8) is 0 Å². The summed E-state index contributed by atoms with van der Waals surface area (Å²) in [6.45, 7) is 0. The molecule has 1 aliphatic carbocycles. The van der Waals surface area contributed by atoms with Crippen LogP contribution in [-0.4, -0.2) is 17.9 Å². The topological polar surface area (TPSA) is 59.2 Å². The molecule has 2 N–H and O–H groups in total. The lowest BCUT2D eigenvalue weighted by atomic mass is 10.1. The SMILES string of the molecule is CN(C(=O)C1CC1c1ccccc1)c1ccncc1N. The van der Waals surface area contributed by atoms with Crippen molar-refractivity contribution in [2.24, 2.45) is 5.92 Å². The lowest BCUT2D eigenvalue weighted by Crippen LogP contribution is -2.29. The Labute approximate surface area is 118 Å². The van der Waals surface area contributed by atoms with Crippen LogP contribution in [0.3, 0.4) is 0 Å². The lowest BCUT2D eigenvalue weighted by Gasteiger charge is -2.19. The molecule has 1 aromatic heterocycles. The number of nitrogens with zero attached hydrogens (tertiary/aromatic N) is 2. The van der Waals surface area contributed by atoms with Gasteiger partial charge in [0, 0.05) is 19.2 Å². The summed E-state index contributed by atoms with van der Waals surface area (Å²) in [6.07, 6.45) is 4.13. The normalized spacial score (nSPS) is 20.4. The fourth-order valence-electron chi connectivity index (χ4n) is 2.61. The number of anilines is 2. The Morgan fingerprint density at radius 1 is 1.30 bits per heavy atom. The fraction of sp³-hybridized carbons (Fsp3) is 0.250. The van der Waals surface area contributed by atoms with Crippen molar-refractivity contribution in [3.05, 3.63) is 54.4 Å². The van der Waals surface area contributed by atoms with Crippen LogP contribution in [0, 0.1) is 5.92 Å². The lowest BCUT2D eigenvalue weighted by molar-refractivity contribution is -0.119. The number of rotatable bonds is 3. The van der Waals surface area contributed by atoms with E-state index in [1.165, 1.54) is 5.56 Å². The molecular formula is C16H17N3O. The summed E-state index contributed by atoms with van der Waals surface area (Å²) in [5, 5.41) is 0. The summed E-state index contributed by atoms with van der Waals surface area (Å²) in [7, 11) is 1.77. The third-order valence-electron chi connectivity index (χ3n) is 3.86. The predicted molar refractivity (Wildman–Crippen MR) is 79.3 cm³/mol. The Kier molecular flexibility index (Phi) is 3.14. The quantitative estimate of drug-likeness (QED) is 0.929. The molecule has 3 rings (SSSR count). The monoisotopic (exact) mass is 267 g/mol. The van der Waals surface area contributed by atoms with Crippen LogP contribution in [-0.2, 0) is 4.79 Å². The molecule has 1 saturated carbocycles. The summed E-state index contributed by atoms with van der Waals surface area (Å²) >= 11 is 0. The number of nitrogens with two attached hydrogens (primary N) is 1. The second kappa shape index (κ2) is 4.96. The third-order valence-corrected chi connectivity index (χ3v) is 3.86. The first-order valence-electron chi connectivity index (χ1n) is 6.70. The van der Waals surface area contributed by atoms with Gasteiger partial charge >= 0.3 is 0 Å². The molecular weight excluding hydrogens is 250 g/mol. The van der Waals surface area contributed by atoms with Crippen LogP contribution >= 0.6 is 0 Å². The summed E-state index contributed by atoms with van der Waals surface area (Å²) in [4.78, 5) is 18.1. The maximum absolute atomic E-state index is 12.5. The Morgan fingerprint density at radius 3 is 2.75 bits per heavy atom. The average molecular weight is 267 g/mol. The molecule has 2 aromatic rings. The van der Waals surface area contributed by atoms with E-state index in [0.717, 1.165) is 12.1 Å². The summed E-state index contributed by atoms with van der Waals surface area (Å²) < 4.78 is 0. The zero-order valence-electron chi connectivity index (χ0n) is 11.4. The molecule has 1 amide bonds. The van der Waals surface area contributed by atoms with E-state index in [0.29, 0.717) is 11.6 Å². The standard InChI is InChI=1S/C16H17N3O/c1-19(15-7-8-18-10-14(15)17)16(20)13-9-12(13)11-5-3-2-4-6-11/h2-8,10,12-13H,9,17H2,1H3. The van der Waals surface area contributed by atoms with Crippen LogP contribution < -0.4 is 10.6 Å². The highest BCUT2D eigenvalue weighted by atomic mass is 16.2. The molecule has 0 aliphatic heterocycles. The Morgan fingerprint density at radius 2 is 2.05 bits per heavy atom. The third kappa shape index (κ3) is 2.25. The van der Waals surface area contributed by atoms with Crippen molar-refractivity contribution in [1.29, 1.82) is 0 Å². The van der Waals surface area contributed by atoms with Gasteiger partial charge in [0.05, 0.1) is 17.6 Å². The molecule has 4 heteroatoms. The molecule has 2 atom stereocenters. The number of hydrogen-bond acceptors (Lipinski definition) is 3. The molecule has 1 aromatic carbocycles. The fourth-order valence-corrected chi connectivity index (χ4v) is 2.61. The van der Waals surface area contributed by atoms with Gasteiger partial charge in [-0.3, -0.25) is 9.78 Å². The van der Waals surface area contributed by atoms with Gasteiger partial charge in [-0.25, -0.2) is 0 Å². The van der Waals surface area contributed by atoms with E-state index >= 15 is 0 Å². The molecule has 0 saturated heterocycles. The minimum Gasteiger partial charge on any atom is -0.396 e. The van der Waals surface area contributed by atoms with Gasteiger partial charge in [-0.2, -0.15) is 0 Å². The van der Waals surface area contributed by atoms with Gasteiger partial charge in [0.15, 0.2) is 0 Å². The minimum absolute atomic E-state index is 0.0648. The summed E-state index contributed by atoms with van der Waals surface area (Å²) in [5.41, 5.74) is 8.36. The van der Waals surface area contributed by atoms with Gasteiger partial charge in [-0.15, -0.1) is 0 Å². The number of nitrogen functional groups attached to an aromatic ring is 1. The van der Waals surface area contributed by atoms with Gasteiger partial charge in [-0.1, -0.05) is 30.3 Å². The van der Waals surface area contributed by atoms with Crippen molar-refractivity contribution >= 4 is 17.3 Å². The highest BCUT2D eigenvalue weighted by Gasteiger charge is 2.45. The first kappa shape index (κ1) is 12.7. The van der Waals surface area contributed by atoms with Crippen LogP contribution in [0.5, 0.6) is 0 Å². The minimum atomic E-state index is 0.0648. The van der Waals surface area contributed by atoms with Crippen molar-refractivity contribution in [2.75, 3.05) is 17.7 Å². The average Bonchev–Trinajstić information content (AvgIpc) is 3.28. The van der Waals surface area contributed by atoms with Crippen LogP contribution in [0.25, 0.3) is 0 Å². The molecule has 102 valence electrons. The molecule has 20 heavy (non-hydrogen) atoms. The number of hydrogen-bond donors (Lipinski definition) is 1. The van der Waals surface area contributed by atoms with E-state index in [2.05, 4.69) is 17.1 Å². The zero-order valence-corrected chi connectivity index (χ0v) is 11.4. The van der Waals surface area contributed by atoms with Gasteiger partial charge in [0.1, 0.15) is 0 Å². The number of carbonyl (C=O) groups excluding carboxylic acids is 1. The highest BCUT2D eigenvalue weighted by molar-refractivity contribution is 5.99. The molecule has 4 nitrogen and oxygen atoms in total. The smallest absolute Gasteiger partial charge is 0.230 e. The number of carbonyl (C=O) groups is 1. The predicted octanol–water partition coefficient (Wildman–Crippen LogP) is 2.43. The Balaban J connectivity index is 1.74. The van der Waals surface area contributed by atoms with Crippen molar-refractivity contribution < 1.29 is 4.79 Å². The van der Waals surface area contributed by atoms with E-state index in [9.17, 15) is 4.79 Å². The van der Waals surface area contributed by atoms with Crippen molar-refractivity contribution in [1.82, 2.24) is 4.98 Å². The molecule has 0 bridgehead atoms. The maximum Gasteiger partial charge on any atom is 0.230 e. The second-order valence-corrected chi connectivity index (χ2v) is 5.19. The van der Waals surface area contributed by atoms with Crippen LogP contribution in [0.1, 0.15) is 17.9 Å². The number of pyridine rings is 1. The number of aromatic nitrogens is 1. The largest absolute Gasteiger partial charge is 0.396 e. The van der Waals surface area contributed by atoms with E-state index in [4.69, 9.17) is 5.73 Å².